The molecule has 2 amide bonds. The number of benzene rings is 2. The van der Waals surface area contributed by atoms with Gasteiger partial charge in [0.1, 0.15) is 11.6 Å². The molecule has 1 aliphatic heterocycles. The van der Waals surface area contributed by atoms with E-state index < -0.39 is 5.82 Å². The van der Waals surface area contributed by atoms with Crippen LogP contribution in [-0.4, -0.2) is 18.4 Å². The van der Waals surface area contributed by atoms with Crippen LogP contribution in [0.1, 0.15) is 15.9 Å². The fraction of sp³-hybridized carbons (Fsp3) is 0.125. The summed E-state index contributed by atoms with van der Waals surface area (Å²) in [4.78, 5) is 23.5. The van der Waals surface area contributed by atoms with Crippen molar-refractivity contribution in [1.82, 2.24) is 0 Å². The van der Waals surface area contributed by atoms with Crippen molar-refractivity contribution in [3.05, 3.63) is 53.3 Å². The number of rotatable bonds is 2. The van der Waals surface area contributed by atoms with E-state index in [4.69, 9.17) is 4.74 Å². The van der Waals surface area contributed by atoms with Gasteiger partial charge in [-0.05, 0) is 42.8 Å². The summed E-state index contributed by atoms with van der Waals surface area (Å²) in [5, 5.41) is 5.31. The number of aryl methyl sites for hydroxylation is 1. The van der Waals surface area contributed by atoms with Gasteiger partial charge in [-0.3, -0.25) is 9.59 Å². The first kappa shape index (κ1) is 14.1. The minimum Gasteiger partial charge on any atom is -0.482 e. The number of carbonyl (C=O) groups is 2. The van der Waals surface area contributed by atoms with Gasteiger partial charge in [-0.25, -0.2) is 4.39 Å². The lowest BCUT2D eigenvalue weighted by atomic mass is 10.1. The second kappa shape index (κ2) is 5.48. The molecule has 6 heteroatoms. The molecule has 22 heavy (non-hydrogen) atoms. The fourth-order valence-electron chi connectivity index (χ4n) is 2.14. The Morgan fingerprint density at radius 1 is 1.27 bits per heavy atom. The highest BCUT2D eigenvalue weighted by atomic mass is 19.1. The summed E-state index contributed by atoms with van der Waals surface area (Å²) in [5.74, 6) is -0.599. The molecule has 112 valence electrons. The molecule has 0 bridgehead atoms. The Kier molecular flexibility index (Phi) is 3.50. The van der Waals surface area contributed by atoms with E-state index in [0.717, 1.165) is 5.56 Å². The summed E-state index contributed by atoms with van der Waals surface area (Å²) in [6, 6.07) is 8.90. The van der Waals surface area contributed by atoms with Gasteiger partial charge in [-0.15, -0.1) is 0 Å². The maximum Gasteiger partial charge on any atom is 0.262 e. The summed E-state index contributed by atoms with van der Waals surface area (Å²) in [6.07, 6.45) is 0. The van der Waals surface area contributed by atoms with Crippen molar-refractivity contribution < 1.29 is 18.7 Å². The third kappa shape index (κ3) is 2.76. The topological polar surface area (TPSA) is 67.4 Å². The number of ether oxygens (including phenoxy) is 1. The van der Waals surface area contributed by atoms with Gasteiger partial charge in [0, 0.05) is 11.3 Å². The summed E-state index contributed by atoms with van der Waals surface area (Å²) < 4.78 is 18.5. The predicted octanol–water partition coefficient (Wildman–Crippen LogP) is 2.72. The smallest absolute Gasteiger partial charge is 0.262 e. The van der Waals surface area contributed by atoms with Crippen molar-refractivity contribution in [3.63, 3.8) is 0 Å². The first-order chi connectivity index (χ1) is 10.5. The molecule has 0 unspecified atom stereocenters. The van der Waals surface area contributed by atoms with Crippen molar-refractivity contribution >= 4 is 23.2 Å². The zero-order valence-corrected chi connectivity index (χ0v) is 11.8. The van der Waals surface area contributed by atoms with Crippen LogP contribution in [0.25, 0.3) is 0 Å². The van der Waals surface area contributed by atoms with E-state index in [1.165, 1.54) is 12.1 Å². The van der Waals surface area contributed by atoms with Crippen LogP contribution in [0.4, 0.5) is 15.8 Å². The first-order valence-electron chi connectivity index (χ1n) is 6.67. The van der Waals surface area contributed by atoms with Crippen molar-refractivity contribution in [3.8, 4) is 5.75 Å². The number of amides is 2. The molecular weight excluding hydrogens is 287 g/mol. The Bertz CT molecular complexity index is 774. The standard InChI is InChI=1S/C16H13FN2O3/c1-9-2-4-11(17)7-13(9)19-16(21)10-3-5-12-14(6-10)22-8-15(20)18-12/h2-7H,8H2,1H3,(H,18,20)(H,19,21). The maximum atomic E-state index is 13.3. The van der Waals surface area contributed by atoms with Gasteiger partial charge in [0.15, 0.2) is 6.61 Å². The quantitative estimate of drug-likeness (QED) is 0.896. The number of fused-ring (bicyclic) bond motifs is 1. The molecule has 3 rings (SSSR count). The molecule has 0 radical (unpaired) electrons. The lowest BCUT2D eigenvalue weighted by Gasteiger charge is -2.18. The van der Waals surface area contributed by atoms with Gasteiger partial charge >= 0.3 is 0 Å². The Balaban J connectivity index is 1.84. The van der Waals surface area contributed by atoms with Gasteiger partial charge < -0.3 is 15.4 Å². The monoisotopic (exact) mass is 300 g/mol. The molecule has 2 N–H and O–H groups in total. The second-order valence-electron chi connectivity index (χ2n) is 4.96. The molecule has 0 spiro atoms. The summed E-state index contributed by atoms with van der Waals surface area (Å²) in [5.41, 5.74) is 2.06. The van der Waals surface area contributed by atoms with Crippen LogP contribution < -0.4 is 15.4 Å². The molecular formula is C16H13FN2O3. The third-order valence-corrected chi connectivity index (χ3v) is 3.32. The van der Waals surface area contributed by atoms with Gasteiger partial charge in [0.2, 0.25) is 0 Å². The fourth-order valence-corrected chi connectivity index (χ4v) is 2.14. The molecule has 5 nitrogen and oxygen atoms in total. The highest BCUT2D eigenvalue weighted by molar-refractivity contribution is 6.06. The molecule has 0 saturated carbocycles. The SMILES string of the molecule is Cc1ccc(F)cc1NC(=O)c1ccc2c(c1)OCC(=O)N2. The van der Waals surface area contributed by atoms with E-state index in [1.54, 1.807) is 31.2 Å². The lowest BCUT2D eigenvalue weighted by molar-refractivity contribution is -0.118. The first-order valence-corrected chi connectivity index (χ1v) is 6.67. The highest BCUT2D eigenvalue weighted by Crippen LogP contribution is 2.29. The van der Waals surface area contributed by atoms with Crippen LogP contribution in [0.2, 0.25) is 0 Å². The van der Waals surface area contributed by atoms with E-state index in [9.17, 15) is 14.0 Å². The lowest BCUT2D eigenvalue weighted by Crippen LogP contribution is -2.25. The summed E-state index contributed by atoms with van der Waals surface area (Å²) in [7, 11) is 0. The average molecular weight is 300 g/mol. The van der Waals surface area contributed by atoms with Crippen molar-refractivity contribution in [2.45, 2.75) is 6.92 Å². The third-order valence-electron chi connectivity index (χ3n) is 3.32. The Morgan fingerprint density at radius 2 is 2.09 bits per heavy atom. The number of halogens is 1. The van der Waals surface area contributed by atoms with E-state index in [0.29, 0.717) is 22.7 Å². The minimum absolute atomic E-state index is 0.0823. The van der Waals surface area contributed by atoms with E-state index in [1.807, 2.05) is 0 Å². The normalized spacial score (nSPS) is 12.9. The molecule has 2 aromatic carbocycles. The van der Waals surface area contributed by atoms with Crippen molar-refractivity contribution in [2.24, 2.45) is 0 Å². The predicted molar refractivity (Wildman–Crippen MR) is 79.7 cm³/mol. The van der Waals surface area contributed by atoms with E-state index in [-0.39, 0.29) is 18.4 Å². The Hall–Kier alpha value is -2.89. The van der Waals surface area contributed by atoms with Crippen LogP contribution in [0, 0.1) is 12.7 Å². The molecule has 0 atom stereocenters. The van der Waals surface area contributed by atoms with Crippen molar-refractivity contribution in [2.75, 3.05) is 17.2 Å². The molecule has 1 aliphatic rings. The van der Waals surface area contributed by atoms with Crippen LogP contribution in [-0.2, 0) is 4.79 Å². The second-order valence-corrected chi connectivity index (χ2v) is 4.96. The van der Waals surface area contributed by atoms with Gasteiger partial charge in [0.05, 0.1) is 5.69 Å². The maximum absolute atomic E-state index is 13.3. The number of hydrogen-bond donors (Lipinski definition) is 2. The van der Waals surface area contributed by atoms with E-state index in [2.05, 4.69) is 10.6 Å². The van der Waals surface area contributed by atoms with Crippen LogP contribution in [0.5, 0.6) is 5.75 Å². The van der Waals surface area contributed by atoms with Crippen LogP contribution >= 0.6 is 0 Å². The average Bonchev–Trinajstić information content (AvgIpc) is 2.50. The van der Waals surface area contributed by atoms with Crippen LogP contribution in [0.15, 0.2) is 36.4 Å². The number of hydrogen-bond acceptors (Lipinski definition) is 3. The van der Waals surface area contributed by atoms with Gasteiger partial charge in [0.25, 0.3) is 11.8 Å². The molecule has 2 aromatic rings. The van der Waals surface area contributed by atoms with Gasteiger partial charge in [-0.2, -0.15) is 0 Å². The Morgan fingerprint density at radius 3 is 2.91 bits per heavy atom. The van der Waals surface area contributed by atoms with E-state index >= 15 is 0 Å². The van der Waals surface area contributed by atoms with Crippen molar-refractivity contribution in [1.29, 1.82) is 0 Å². The molecule has 1 heterocycles. The molecule has 0 saturated heterocycles. The molecule has 0 aliphatic carbocycles. The highest BCUT2D eigenvalue weighted by Gasteiger charge is 2.18. The number of carbonyl (C=O) groups excluding carboxylic acids is 2. The zero-order chi connectivity index (χ0) is 15.7. The zero-order valence-electron chi connectivity index (χ0n) is 11.8. The Labute approximate surface area is 126 Å². The number of anilines is 2. The molecule has 0 aromatic heterocycles. The minimum atomic E-state index is -0.419. The van der Waals surface area contributed by atoms with Gasteiger partial charge in [-0.1, -0.05) is 6.07 Å². The van der Waals surface area contributed by atoms with Crippen LogP contribution in [0.3, 0.4) is 0 Å². The largest absolute Gasteiger partial charge is 0.482 e. The summed E-state index contributed by atoms with van der Waals surface area (Å²) >= 11 is 0. The molecule has 0 fully saturated rings. The number of nitrogens with one attached hydrogen (secondary N) is 2. The summed E-state index contributed by atoms with van der Waals surface area (Å²) in [6.45, 7) is 1.70.